The third kappa shape index (κ3) is 7.63. The van der Waals surface area contributed by atoms with E-state index in [1.54, 1.807) is 6.92 Å². The van der Waals surface area contributed by atoms with Crippen LogP contribution in [0.4, 0.5) is 0 Å². The maximum atomic E-state index is 10.5. The summed E-state index contributed by atoms with van der Waals surface area (Å²) in [4.78, 5) is 10.5. The zero-order valence-corrected chi connectivity index (χ0v) is 8.08. The van der Waals surface area contributed by atoms with E-state index in [-0.39, 0.29) is 6.61 Å². The summed E-state index contributed by atoms with van der Waals surface area (Å²) in [6, 6.07) is 0. The molecule has 13 heavy (non-hydrogen) atoms. The van der Waals surface area contributed by atoms with Crippen molar-refractivity contribution in [1.82, 2.24) is 0 Å². The van der Waals surface area contributed by atoms with Crippen LogP contribution >= 0.6 is 0 Å². The Bertz CT molecular complexity index is 203. The summed E-state index contributed by atoms with van der Waals surface area (Å²) in [5, 5.41) is 0. The van der Waals surface area contributed by atoms with Crippen LogP contribution in [-0.2, 0) is 25.1 Å². The molecule has 0 radical (unpaired) electrons. The van der Waals surface area contributed by atoms with E-state index in [2.05, 4.69) is 15.5 Å². The van der Waals surface area contributed by atoms with Gasteiger partial charge in [-0.15, -0.1) is 0 Å². The molecule has 0 heterocycles. The molecular weight excluding hydrogens is 196 g/mol. The highest BCUT2D eigenvalue weighted by molar-refractivity contribution is 7.74. The molecule has 0 aromatic heterocycles. The largest absolute Gasteiger partial charge is 0.462 e. The lowest BCUT2D eigenvalue weighted by Crippen LogP contribution is -2.14. The molecule has 0 aromatic rings. The first-order valence-electron chi connectivity index (χ1n) is 3.63. The zero-order chi connectivity index (χ0) is 10.3. The van der Waals surface area contributed by atoms with Crippen molar-refractivity contribution in [2.24, 2.45) is 0 Å². The monoisotopic (exact) mass is 208 g/mol. The molecule has 76 valence electrons. The first kappa shape index (κ1) is 12.3. The summed E-state index contributed by atoms with van der Waals surface area (Å²) in [6.07, 6.45) is 0.991. The maximum absolute atomic E-state index is 10.5. The lowest BCUT2D eigenvalue weighted by Gasteiger charge is -2.08. The second kappa shape index (κ2) is 6.76. The summed E-state index contributed by atoms with van der Waals surface area (Å²) >= 11 is -2.27. The molecule has 0 aromatic carbocycles. The minimum absolute atomic E-state index is 0.142. The summed E-state index contributed by atoms with van der Waals surface area (Å²) < 4.78 is 27.5. The van der Waals surface area contributed by atoms with Gasteiger partial charge < -0.3 is 4.74 Å². The van der Waals surface area contributed by atoms with Crippen LogP contribution in [0.1, 0.15) is 13.3 Å². The Labute approximate surface area is 79.2 Å². The predicted molar refractivity (Wildman–Crippen MR) is 47.1 cm³/mol. The van der Waals surface area contributed by atoms with Gasteiger partial charge in [-0.25, -0.2) is 4.79 Å². The predicted octanol–water partition coefficient (Wildman–Crippen LogP) is 0.647. The van der Waals surface area contributed by atoms with Crippen LogP contribution in [0.3, 0.4) is 0 Å². The standard InChI is InChI=1S/C7H12O5S/c1-3-7(8)11-5-4-6(2)12-13(9)10/h3,6H,1,4-5H2,2H3,(H,9,10). The van der Waals surface area contributed by atoms with E-state index in [1.165, 1.54) is 0 Å². The van der Waals surface area contributed by atoms with E-state index in [0.717, 1.165) is 6.08 Å². The van der Waals surface area contributed by atoms with Gasteiger partial charge in [0.25, 0.3) is 0 Å². The minimum Gasteiger partial charge on any atom is -0.462 e. The number of carbonyl (C=O) groups is 1. The van der Waals surface area contributed by atoms with E-state index in [0.29, 0.717) is 6.42 Å². The Morgan fingerprint density at radius 3 is 2.85 bits per heavy atom. The molecule has 0 aliphatic rings. The molecule has 5 nitrogen and oxygen atoms in total. The average Bonchev–Trinajstić information content (AvgIpc) is 2.02. The SMILES string of the molecule is C=CC(=O)OCCC(C)OS(=O)O. The molecular formula is C7H12O5S. The Morgan fingerprint density at radius 2 is 2.38 bits per heavy atom. The fourth-order valence-corrected chi connectivity index (χ4v) is 0.950. The number of ether oxygens (including phenoxy) is 1. The minimum atomic E-state index is -2.27. The van der Waals surface area contributed by atoms with Gasteiger partial charge >= 0.3 is 17.3 Å². The Balaban J connectivity index is 3.47. The van der Waals surface area contributed by atoms with Crippen molar-refractivity contribution in [3.05, 3.63) is 12.7 Å². The van der Waals surface area contributed by atoms with Gasteiger partial charge in [0, 0.05) is 12.5 Å². The fraction of sp³-hybridized carbons (Fsp3) is 0.571. The van der Waals surface area contributed by atoms with Crippen LogP contribution in [0.15, 0.2) is 12.7 Å². The van der Waals surface area contributed by atoms with Crippen LogP contribution in [-0.4, -0.2) is 27.4 Å². The number of hydrogen-bond acceptors (Lipinski definition) is 4. The van der Waals surface area contributed by atoms with Crippen molar-refractivity contribution in [2.45, 2.75) is 19.4 Å². The smallest absolute Gasteiger partial charge is 0.330 e. The molecule has 0 bridgehead atoms. The highest BCUT2D eigenvalue weighted by Crippen LogP contribution is 1.99. The number of hydrogen-bond donors (Lipinski definition) is 1. The molecule has 0 aliphatic heterocycles. The van der Waals surface area contributed by atoms with Gasteiger partial charge in [-0.1, -0.05) is 6.58 Å². The van der Waals surface area contributed by atoms with E-state index in [9.17, 15) is 9.00 Å². The summed E-state index contributed by atoms with van der Waals surface area (Å²) in [6.45, 7) is 4.96. The quantitative estimate of drug-likeness (QED) is 0.394. The van der Waals surface area contributed by atoms with Crippen LogP contribution < -0.4 is 0 Å². The molecule has 0 spiro atoms. The van der Waals surface area contributed by atoms with Crippen molar-refractivity contribution in [3.8, 4) is 0 Å². The van der Waals surface area contributed by atoms with Gasteiger partial charge in [-0.05, 0) is 6.92 Å². The van der Waals surface area contributed by atoms with Gasteiger partial charge in [-0.2, -0.15) is 4.21 Å². The normalized spacial score (nSPS) is 14.6. The third-order valence-corrected chi connectivity index (χ3v) is 1.68. The summed E-state index contributed by atoms with van der Waals surface area (Å²) in [5.74, 6) is -0.516. The van der Waals surface area contributed by atoms with Crippen LogP contribution in [0.25, 0.3) is 0 Å². The highest BCUT2D eigenvalue weighted by atomic mass is 32.2. The van der Waals surface area contributed by atoms with E-state index >= 15 is 0 Å². The Hall–Kier alpha value is -0.720. The molecule has 2 atom stereocenters. The van der Waals surface area contributed by atoms with Crippen molar-refractivity contribution >= 4 is 17.3 Å². The third-order valence-electron chi connectivity index (χ3n) is 1.18. The topological polar surface area (TPSA) is 72.8 Å². The molecule has 6 heteroatoms. The lowest BCUT2D eigenvalue weighted by atomic mass is 10.3. The van der Waals surface area contributed by atoms with Crippen molar-refractivity contribution < 1.29 is 22.5 Å². The first-order chi connectivity index (χ1) is 6.06. The van der Waals surface area contributed by atoms with Crippen molar-refractivity contribution in [1.29, 1.82) is 0 Å². The van der Waals surface area contributed by atoms with E-state index < -0.39 is 23.4 Å². The molecule has 1 N–H and O–H groups in total. The van der Waals surface area contributed by atoms with Gasteiger partial charge in [0.1, 0.15) is 0 Å². The lowest BCUT2D eigenvalue weighted by molar-refractivity contribution is -0.138. The van der Waals surface area contributed by atoms with Crippen molar-refractivity contribution in [3.63, 3.8) is 0 Å². The van der Waals surface area contributed by atoms with Crippen LogP contribution in [0.5, 0.6) is 0 Å². The average molecular weight is 208 g/mol. The van der Waals surface area contributed by atoms with Crippen molar-refractivity contribution in [2.75, 3.05) is 6.61 Å². The molecule has 0 rings (SSSR count). The fourth-order valence-electron chi connectivity index (χ4n) is 0.573. The number of carbonyl (C=O) groups excluding carboxylic acids is 1. The molecule has 0 amide bonds. The zero-order valence-electron chi connectivity index (χ0n) is 7.26. The molecule has 0 aliphatic carbocycles. The van der Waals surface area contributed by atoms with Gasteiger partial charge in [0.05, 0.1) is 12.7 Å². The summed E-state index contributed by atoms with van der Waals surface area (Å²) in [5.41, 5.74) is 0. The second-order valence-corrected chi connectivity index (χ2v) is 2.91. The maximum Gasteiger partial charge on any atom is 0.330 e. The van der Waals surface area contributed by atoms with Crippen LogP contribution in [0.2, 0.25) is 0 Å². The molecule has 0 fully saturated rings. The second-order valence-electron chi connectivity index (χ2n) is 2.28. The molecule has 2 unspecified atom stereocenters. The van der Waals surface area contributed by atoms with Gasteiger partial charge in [0.2, 0.25) is 0 Å². The van der Waals surface area contributed by atoms with E-state index in [1.807, 2.05) is 0 Å². The number of esters is 1. The van der Waals surface area contributed by atoms with Gasteiger partial charge in [-0.3, -0.25) is 8.74 Å². The van der Waals surface area contributed by atoms with Gasteiger partial charge in [0.15, 0.2) is 0 Å². The highest BCUT2D eigenvalue weighted by Gasteiger charge is 2.06. The molecule has 0 saturated heterocycles. The van der Waals surface area contributed by atoms with E-state index in [4.69, 9.17) is 4.55 Å². The molecule has 0 saturated carbocycles. The Morgan fingerprint density at radius 1 is 1.77 bits per heavy atom. The van der Waals surface area contributed by atoms with Crippen LogP contribution in [0, 0.1) is 0 Å². The summed E-state index contributed by atoms with van der Waals surface area (Å²) in [7, 11) is 0. The Kier molecular flexibility index (Phi) is 6.38. The number of rotatable bonds is 6. The first-order valence-corrected chi connectivity index (χ1v) is 4.66.